The Morgan fingerprint density at radius 2 is 2.43 bits per heavy atom. The topological polar surface area (TPSA) is 53.2 Å². The van der Waals surface area contributed by atoms with E-state index in [4.69, 9.17) is 10.00 Å². The first-order valence-corrected chi connectivity index (χ1v) is 4.15. The van der Waals surface area contributed by atoms with E-state index in [-0.39, 0.29) is 12.4 Å². The first-order chi connectivity index (χ1) is 6.76. The van der Waals surface area contributed by atoms with E-state index in [1.165, 1.54) is 7.11 Å². The fourth-order valence-electron chi connectivity index (χ4n) is 1.08. The molecule has 0 amide bonds. The lowest BCUT2D eigenvalue weighted by Crippen LogP contribution is -1.91. The molecule has 0 atom stereocenters. The molecule has 0 aliphatic carbocycles. The van der Waals surface area contributed by atoms with Gasteiger partial charge in [-0.25, -0.2) is 0 Å². The third-order valence-corrected chi connectivity index (χ3v) is 1.65. The monoisotopic (exact) mass is 189 g/mol. The van der Waals surface area contributed by atoms with Gasteiger partial charge in [0.2, 0.25) is 0 Å². The normalized spacial score (nSPS) is 11.0. The van der Waals surface area contributed by atoms with Gasteiger partial charge in [-0.2, -0.15) is 5.26 Å². The maximum atomic E-state index is 9.19. The van der Waals surface area contributed by atoms with Crippen LogP contribution in [0.25, 0.3) is 6.08 Å². The minimum absolute atomic E-state index is 0.188. The SMILES string of the molecule is COC/C(C#N)=C\c1cccc(O)c1. The van der Waals surface area contributed by atoms with Crippen LogP contribution in [0, 0.1) is 11.3 Å². The number of benzene rings is 1. The van der Waals surface area contributed by atoms with Crippen LogP contribution >= 0.6 is 0 Å². The third-order valence-electron chi connectivity index (χ3n) is 1.65. The van der Waals surface area contributed by atoms with E-state index in [0.29, 0.717) is 5.57 Å². The number of nitriles is 1. The average molecular weight is 189 g/mol. The van der Waals surface area contributed by atoms with Crippen LogP contribution in [-0.2, 0) is 4.74 Å². The van der Waals surface area contributed by atoms with Gasteiger partial charge in [0.1, 0.15) is 5.75 Å². The molecule has 0 aromatic heterocycles. The van der Waals surface area contributed by atoms with E-state index in [2.05, 4.69) is 0 Å². The van der Waals surface area contributed by atoms with Crippen LogP contribution in [0.4, 0.5) is 0 Å². The van der Waals surface area contributed by atoms with Gasteiger partial charge in [-0.1, -0.05) is 12.1 Å². The molecule has 1 N–H and O–H groups in total. The van der Waals surface area contributed by atoms with Gasteiger partial charge in [0.25, 0.3) is 0 Å². The fraction of sp³-hybridized carbons (Fsp3) is 0.182. The predicted octanol–water partition coefficient (Wildman–Crippen LogP) is 1.95. The minimum Gasteiger partial charge on any atom is -0.508 e. The second-order valence-corrected chi connectivity index (χ2v) is 2.81. The Labute approximate surface area is 82.9 Å². The smallest absolute Gasteiger partial charge is 0.116 e. The Morgan fingerprint density at radius 1 is 1.64 bits per heavy atom. The summed E-state index contributed by atoms with van der Waals surface area (Å²) in [5.41, 5.74) is 1.32. The Hall–Kier alpha value is -1.79. The molecule has 72 valence electrons. The summed E-state index contributed by atoms with van der Waals surface area (Å²) >= 11 is 0. The van der Waals surface area contributed by atoms with Gasteiger partial charge in [-0.05, 0) is 23.8 Å². The molecule has 0 heterocycles. The van der Waals surface area contributed by atoms with Crippen LogP contribution in [0.1, 0.15) is 5.56 Å². The highest BCUT2D eigenvalue weighted by Crippen LogP contribution is 2.13. The predicted molar refractivity (Wildman–Crippen MR) is 53.6 cm³/mol. The molecule has 14 heavy (non-hydrogen) atoms. The zero-order valence-electron chi connectivity index (χ0n) is 7.90. The first-order valence-electron chi connectivity index (χ1n) is 4.15. The molecule has 1 aromatic rings. The Bertz CT molecular complexity index is 377. The van der Waals surface area contributed by atoms with E-state index in [0.717, 1.165) is 5.56 Å². The molecule has 0 radical (unpaired) electrons. The molecule has 0 aliphatic rings. The minimum atomic E-state index is 0.188. The molecule has 0 unspecified atom stereocenters. The molecule has 0 saturated carbocycles. The van der Waals surface area contributed by atoms with Gasteiger partial charge in [0.05, 0.1) is 18.2 Å². The maximum absolute atomic E-state index is 9.19. The van der Waals surface area contributed by atoms with Crippen LogP contribution in [-0.4, -0.2) is 18.8 Å². The molecule has 0 saturated heterocycles. The highest BCUT2D eigenvalue weighted by molar-refractivity contribution is 5.58. The number of phenolic OH excluding ortho intramolecular Hbond substituents is 1. The van der Waals surface area contributed by atoms with Crippen molar-refractivity contribution in [3.8, 4) is 11.8 Å². The van der Waals surface area contributed by atoms with Gasteiger partial charge in [-0.3, -0.25) is 0 Å². The van der Waals surface area contributed by atoms with Crippen molar-refractivity contribution in [1.29, 1.82) is 5.26 Å². The molecular weight excluding hydrogens is 178 g/mol. The summed E-state index contributed by atoms with van der Waals surface area (Å²) in [5.74, 6) is 0.188. The van der Waals surface area contributed by atoms with Gasteiger partial charge in [-0.15, -0.1) is 0 Å². The van der Waals surface area contributed by atoms with Crippen molar-refractivity contribution in [3.63, 3.8) is 0 Å². The standard InChI is InChI=1S/C11H11NO2/c1-14-8-10(7-12)5-9-3-2-4-11(13)6-9/h2-6,13H,8H2,1H3/b10-5-. The van der Waals surface area contributed by atoms with Crippen molar-refractivity contribution in [2.45, 2.75) is 0 Å². The van der Waals surface area contributed by atoms with Crippen molar-refractivity contribution in [2.75, 3.05) is 13.7 Å². The summed E-state index contributed by atoms with van der Waals surface area (Å²) in [6.07, 6.45) is 1.68. The summed E-state index contributed by atoms with van der Waals surface area (Å²) in [5, 5.41) is 17.9. The lowest BCUT2D eigenvalue weighted by atomic mass is 10.1. The molecule has 3 heteroatoms. The third kappa shape index (κ3) is 2.92. The van der Waals surface area contributed by atoms with Crippen molar-refractivity contribution < 1.29 is 9.84 Å². The van der Waals surface area contributed by atoms with E-state index < -0.39 is 0 Å². The van der Waals surface area contributed by atoms with Crippen LogP contribution in [0.2, 0.25) is 0 Å². The highest BCUT2D eigenvalue weighted by Gasteiger charge is 1.96. The number of aromatic hydroxyl groups is 1. The summed E-state index contributed by atoms with van der Waals surface area (Å²) in [7, 11) is 1.54. The van der Waals surface area contributed by atoms with Crippen molar-refractivity contribution >= 4 is 6.08 Å². The van der Waals surface area contributed by atoms with Crippen LogP contribution in [0.15, 0.2) is 29.8 Å². The number of phenols is 1. The average Bonchev–Trinajstić information content (AvgIpc) is 2.17. The fourth-order valence-corrected chi connectivity index (χ4v) is 1.08. The van der Waals surface area contributed by atoms with Crippen LogP contribution in [0.5, 0.6) is 5.75 Å². The van der Waals surface area contributed by atoms with Crippen molar-refractivity contribution in [3.05, 3.63) is 35.4 Å². The van der Waals surface area contributed by atoms with E-state index in [1.807, 2.05) is 12.1 Å². The van der Waals surface area contributed by atoms with E-state index >= 15 is 0 Å². The molecule has 0 spiro atoms. The molecule has 0 bridgehead atoms. The molecule has 1 aromatic carbocycles. The molecule has 0 aliphatic heterocycles. The lowest BCUT2D eigenvalue weighted by molar-refractivity contribution is 0.229. The quantitative estimate of drug-likeness (QED) is 0.739. The Kier molecular flexibility index (Phi) is 3.71. The number of hydrogen-bond acceptors (Lipinski definition) is 3. The van der Waals surface area contributed by atoms with Crippen molar-refractivity contribution in [1.82, 2.24) is 0 Å². The van der Waals surface area contributed by atoms with Crippen LogP contribution in [0.3, 0.4) is 0 Å². The van der Waals surface area contributed by atoms with Crippen LogP contribution < -0.4 is 0 Å². The zero-order chi connectivity index (χ0) is 10.4. The summed E-state index contributed by atoms with van der Waals surface area (Å²) in [6, 6.07) is 8.74. The van der Waals surface area contributed by atoms with Gasteiger partial charge < -0.3 is 9.84 Å². The zero-order valence-corrected chi connectivity index (χ0v) is 7.90. The van der Waals surface area contributed by atoms with Gasteiger partial charge >= 0.3 is 0 Å². The largest absolute Gasteiger partial charge is 0.508 e. The van der Waals surface area contributed by atoms with Crippen molar-refractivity contribution in [2.24, 2.45) is 0 Å². The van der Waals surface area contributed by atoms with E-state index in [9.17, 15) is 5.11 Å². The van der Waals surface area contributed by atoms with E-state index in [1.54, 1.807) is 24.3 Å². The number of methoxy groups -OCH3 is 1. The second-order valence-electron chi connectivity index (χ2n) is 2.81. The molecular formula is C11H11NO2. The maximum Gasteiger partial charge on any atom is 0.116 e. The first kappa shape index (κ1) is 10.3. The second kappa shape index (κ2) is 5.05. The summed E-state index contributed by atoms with van der Waals surface area (Å²) in [4.78, 5) is 0. The summed E-state index contributed by atoms with van der Waals surface area (Å²) < 4.78 is 4.84. The van der Waals surface area contributed by atoms with Gasteiger partial charge in [0.15, 0.2) is 0 Å². The molecule has 3 nitrogen and oxygen atoms in total. The highest BCUT2D eigenvalue weighted by atomic mass is 16.5. The lowest BCUT2D eigenvalue weighted by Gasteiger charge is -1.98. The molecule has 1 rings (SSSR count). The number of ether oxygens (including phenoxy) is 1. The summed E-state index contributed by atoms with van der Waals surface area (Å²) in [6.45, 7) is 0.284. The number of hydrogen-bond donors (Lipinski definition) is 1. The number of rotatable bonds is 3. The number of nitrogens with zero attached hydrogens (tertiary/aromatic N) is 1. The molecule has 0 fully saturated rings. The van der Waals surface area contributed by atoms with Gasteiger partial charge in [0, 0.05) is 7.11 Å². The Morgan fingerprint density at radius 3 is 3.00 bits per heavy atom. The Balaban J connectivity index is 2.90.